The van der Waals surface area contributed by atoms with Gasteiger partial charge in [-0.1, -0.05) is 0 Å². The lowest BCUT2D eigenvalue weighted by Gasteiger charge is -2.35. The van der Waals surface area contributed by atoms with Gasteiger partial charge in [-0.25, -0.2) is 4.98 Å². The summed E-state index contributed by atoms with van der Waals surface area (Å²) >= 11 is 5.03. The Morgan fingerprint density at radius 1 is 1.67 bits per heavy atom. The molecule has 2 rings (SSSR count). The first-order valence-electron chi connectivity index (χ1n) is 5.23. The highest BCUT2D eigenvalue weighted by molar-refractivity contribution is 9.10. The second-order valence-corrected chi connectivity index (χ2v) is 5.84. The first-order valence-corrected chi connectivity index (χ1v) is 6.90. The number of aromatic nitrogens is 1. The van der Waals surface area contributed by atoms with Gasteiger partial charge in [-0.15, -0.1) is 11.3 Å². The molecule has 1 aliphatic heterocycles. The fourth-order valence-corrected chi connectivity index (χ4v) is 3.14. The molecule has 3 nitrogen and oxygen atoms in total. The molecule has 0 radical (unpaired) electrons. The molecule has 15 heavy (non-hydrogen) atoms. The van der Waals surface area contributed by atoms with Gasteiger partial charge in [0.05, 0.1) is 0 Å². The van der Waals surface area contributed by atoms with Crippen LogP contribution in [0.15, 0.2) is 9.98 Å². The summed E-state index contributed by atoms with van der Waals surface area (Å²) in [5.74, 6) is 0. The van der Waals surface area contributed by atoms with Gasteiger partial charge in [0.2, 0.25) is 0 Å². The topological polar surface area (TPSA) is 28.2 Å². The second-order valence-electron chi connectivity index (χ2n) is 4.17. The first-order chi connectivity index (χ1) is 7.15. The smallest absolute Gasteiger partial charge is 0.183 e. The van der Waals surface area contributed by atoms with E-state index in [0.717, 1.165) is 9.73 Å². The van der Waals surface area contributed by atoms with E-state index >= 15 is 0 Å². The van der Waals surface area contributed by atoms with Crippen LogP contribution in [0, 0.1) is 0 Å². The largest absolute Gasteiger partial charge is 0.359 e. The summed E-state index contributed by atoms with van der Waals surface area (Å²) < 4.78 is 0.927. The van der Waals surface area contributed by atoms with Crippen LogP contribution in [0.2, 0.25) is 0 Å². The van der Waals surface area contributed by atoms with Crippen molar-refractivity contribution < 1.29 is 0 Å². The van der Waals surface area contributed by atoms with Gasteiger partial charge < -0.3 is 10.2 Å². The third-order valence-electron chi connectivity index (χ3n) is 3.01. The Morgan fingerprint density at radius 2 is 2.47 bits per heavy atom. The van der Waals surface area contributed by atoms with E-state index in [1.54, 1.807) is 11.3 Å². The van der Waals surface area contributed by atoms with Crippen molar-refractivity contribution in [2.45, 2.75) is 31.8 Å². The minimum absolute atomic E-state index is 0.578. The Balaban J connectivity index is 1.90. The van der Waals surface area contributed by atoms with Gasteiger partial charge in [-0.05, 0) is 42.7 Å². The molecule has 1 N–H and O–H groups in total. The molecular weight excluding hydrogens is 274 g/mol. The maximum absolute atomic E-state index is 4.36. The van der Waals surface area contributed by atoms with Crippen LogP contribution in [-0.4, -0.2) is 35.6 Å². The van der Waals surface area contributed by atoms with Gasteiger partial charge in [-0.2, -0.15) is 0 Å². The lowest BCUT2D eigenvalue weighted by molar-refractivity contribution is 0.190. The Hall–Kier alpha value is -0.130. The van der Waals surface area contributed by atoms with Crippen molar-refractivity contribution in [2.75, 3.05) is 18.9 Å². The Bertz CT molecular complexity index is 328. The zero-order valence-electron chi connectivity index (χ0n) is 9.03. The van der Waals surface area contributed by atoms with Gasteiger partial charge in [0.1, 0.15) is 4.60 Å². The number of rotatable bonds is 2. The van der Waals surface area contributed by atoms with E-state index in [1.807, 2.05) is 5.38 Å². The number of thiazole rings is 1. The van der Waals surface area contributed by atoms with Crippen LogP contribution in [0.1, 0.15) is 19.8 Å². The minimum Gasteiger partial charge on any atom is -0.359 e. The number of anilines is 1. The third-order valence-corrected chi connectivity index (χ3v) is 4.49. The molecule has 1 fully saturated rings. The quantitative estimate of drug-likeness (QED) is 0.908. The molecule has 2 atom stereocenters. The molecule has 0 aliphatic carbocycles. The van der Waals surface area contributed by atoms with E-state index < -0.39 is 0 Å². The average Bonchev–Trinajstić information content (AvgIpc) is 2.58. The van der Waals surface area contributed by atoms with Gasteiger partial charge in [0.15, 0.2) is 5.13 Å². The fraction of sp³-hybridized carbons (Fsp3) is 0.700. The zero-order chi connectivity index (χ0) is 10.8. The highest BCUT2D eigenvalue weighted by Gasteiger charge is 2.22. The van der Waals surface area contributed by atoms with E-state index in [9.17, 15) is 0 Å². The van der Waals surface area contributed by atoms with Crippen LogP contribution >= 0.6 is 27.3 Å². The van der Waals surface area contributed by atoms with Crippen LogP contribution < -0.4 is 5.32 Å². The van der Waals surface area contributed by atoms with Crippen molar-refractivity contribution in [2.24, 2.45) is 0 Å². The monoisotopic (exact) mass is 289 g/mol. The Labute approximate surface area is 103 Å². The maximum Gasteiger partial charge on any atom is 0.183 e. The molecule has 1 saturated heterocycles. The lowest BCUT2D eigenvalue weighted by Crippen LogP contribution is -2.42. The Morgan fingerprint density at radius 3 is 3.07 bits per heavy atom. The van der Waals surface area contributed by atoms with Crippen LogP contribution in [0.3, 0.4) is 0 Å². The van der Waals surface area contributed by atoms with Crippen LogP contribution in [-0.2, 0) is 0 Å². The number of hydrogen-bond donors (Lipinski definition) is 1. The van der Waals surface area contributed by atoms with E-state index in [2.05, 4.69) is 45.1 Å². The van der Waals surface area contributed by atoms with Crippen molar-refractivity contribution in [3.05, 3.63) is 9.98 Å². The van der Waals surface area contributed by atoms with E-state index in [1.165, 1.54) is 19.4 Å². The van der Waals surface area contributed by atoms with Crippen molar-refractivity contribution in [1.82, 2.24) is 9.88 Å². The molecule has 5 heteroatoms. The first kappa shape index (κ1) is 11.4. The van der Waals surface area contributed by atoms with Crippen molar-refractivity contribution in [3.63, 3.8) is 0 Å². The Kier molecular flexibility index (Phi) is 3.64. The molecule has 84 valence electrons. The SMILES string of the molecule is CC1CC(Nc2nc(Br)cs2)CCN1C. The molecule has 1 aromatic heterocycles. The highest BCUT2D eigenvalue weighted by atomic mass is 79.9. The van der Waals surface area contributed by atoms with E-state index in [0.29, 0.717) is 12.1 Å². The molecular formula is C10H16BrN3S. The molecule has 0 saturated carbocycles. The second kappa shape index (κ2) is 4.80. The fourth-order valence-electron chi connectivity index (χ4n) is 1.92. The molecule has 1 aliphatic rings. The summed E-state index contributed by atoms with van der Waals surface area (Å²) in [6, 6.07) is 1.24. The normalized spacial score (nSPS) is 27.9. The number of nitrogens with one attached hydrogen (secondary N) is 1. The predicted octanol–water partition coefficient (Wildman–Crippen LogP) is 2.80. The number of hydrogen-bond acceptors (Lipinski definition) is 4. The zero-order valence-corrected chi connectivity index (χ0v) is 11.4. The number of halogens is 1. The third kappa shape index (κ3) is 2.92. The molecule has 2 heterocycles. The maximum atomic E-state index is 4.36. The summed E-state index contributed by atoms with van der Waals surface area (Å²) in [6.45, 7) is 3.46. The molecule has 0 spiro atoms. The van der Waals surface area contributed by atoms with Gasteiger partial charge in [-0.3, -0.25) is 0 Å². The van der Waals surface area contributed by atoms with Crippen LogP contribution in [0.5, 0.6) is 0 Å². The average molecular weight is 290 g/mol. The summed E-state index contributed by atoms with van der Waals surface area (Å²) in [6.07, 6.45) is 2.41. The molecule has 0 aromatic carbocycles. The van der Waals surface area contributed by atoms with Gasteiger partial charge in [0, 0.05) is 24.0 Å². The van der Waals surface area contributed by atoms with Crippen LogP contribution in [0.4, 0.5) is 5.13 Å². The van der Waals surface area contributed by atoms with Gasteiger partial charge >= 0.3 is 0 Å². The summed E-state index contributed by atoms with van der Waals surface area (Å²) in [7, 11) is 2.20. The summed E-state index contributed by atoms with van der Waals surface area (Å²) in [4.78, 5) is 6.77. The lowest BCUT2D eigenvalue weighted by atomic mass is 9.99. The van der Waals surface area contributed by atoms with Crippen molar-refractivity contribution in [3.8, 4) is 0 Å². The van der Waals surface area contributed by atoms with Crippen LogP contribution in [0.25, 0.3) is 0 Å². The summed E-state index contributed by atoms with van der Waals surface area (Å²) in [5.41, 5.74) is 0. The molecule has 0 amide bonds. The molecule has 2 unspecified atom stereocenters. The number of piperidine rings is 1. The van der Waals surface area contributed by atoms with E-state index in [-0.39, 0.29) is 0 Å². The molecule has 1 aromatic rings. The standard InChI is InChI=1S/C10H16BrN3S/c1-7-5-8(3-4-14(7)2)12-10-13-9(11)6-15-10/h6-8H,3-5H2,1-2H3,(H,12,13). The number of nitrogens with zero attached hydrogens (tertiary/aromatic N) is 2. The molecule has 0 bridgehead atoms. The minimum atomic E-state index is 0.578. The summed E-state index contributed by atoms with van der Waals surface area (Å²) in [5, 5.41) is 6.55. The highest BCUT2D eigenvalue weighted by Crippen LogP contribution is 2.24. The van der Waals surface area contributed by atoms with Crippen molar-refractivity contribution >= 4 is 32.4 Å². The van der Waals surface area contributed by atoms with E-state index in [4.69, 9.17) is 0 Å². The predicted molar refractivity (Wildman–Crippen MR) is 68.6 cm³/mol. The van der Waals surface area contributed by atoms with Crippen molar-refractivity contribution in [1.29, 1.82) is 0 Å². The van der Waals surface area contributed by atoms with Gasteiger partial charge in [0.25, 0.3) is 0 Å². The number of likely N-dealkylation sites (tertiary alicyclic amines) is 1.